The van der Waals surface area contributed by atoms with E-state index >= 15 is 0 Å². The van der Waals surface area contributed by atoms with Gasteiger partial charge >= 0.3 is 5.97 Å². The van der Waals surface area contributed by atoms with Gasteiger partial charge in [-0.2, -0.15) is 20.3 Å². The first-order valence-electron chi connectivity index (χ1n) is 9.39. The highest BCUT2D eigenvalue weighted by Crippen LogP contribution is 2.23. The van der Waals surface area contributed by atoms with Crippen LogP contribution < -0.4 is 10.1 Å². The number of nitrogens with one attached hydrogen (secondary N) is 1. The SMILES string of the molecule is COc1ccccc1NC(=O)CC(=O)N1N=C(C)[C@@H](N=Nc2ccc(C(=O)O)cc2)C1=O. The first-order chi connectivity index (χ1) is 15.3. The molecule has 1 atom stereocenters. The van der Waals surface area contributed by atoms with Crippen LogP contribution in [-0.2, 0) is 14.4 Å². The van der Waals surface area contributed by atoms with Gasteiger partial charge in [0.05, 0.1) is 29.8 Å². The number of hydrogen-bond donors (Lipinski definition) is 2. The zero-order valence-electron chi connectivity index (χ0n) is 17.2. The standard InChI is InChI=1S/C21H19N5O6/c1-12-19(24-23-14-9-7-13(8-10-14)21(30)31)20(29)26(25-12)18(28)11-17(27)22-15-5-3-4-6-16(15)32-2/h3-10,19H,11H2,1-2H3,(H,22,27)(H,30,31)/t19-/m1/s1. The van der Waals surface area contributed by atoms with Gasteiger partial charge in [0.1, 0.15) is 12.2 Å². The number of carbonyl (C=O) groups is 4. The number of rotatable bonds is 7. The zero-order chi connectivity index (χ0) is 23.3. The predicted octanol–water partition coefficient (Wildman–Crippen LogP) is 2.62. The average Bonchev–Trinajstić information content (AvgIpc) is 3.06. The fraction of sp³-hybridized carbons (Fsp3) is 0.190. The molecule has 0 bridgehead atoms. The second kappa shape index (κ2) is 9.60. The summed E-state index contributed by atoms with van der Waals surface area (Å²) in [6.07, 6.45) is -0.610. The number of azo groups is 1. The van der Waals surface area contributed by atoms with E-state index in [1.165, 1.54) is 38.3 Å². The lowest BCUT2D eigenvalue weighted by molar-refractivity contribution is -0.144. The number of amides is 3. The van der Waals surface area contributed by atoms with Gasteiger partial charge in [-0.1, -0.05) is 12.1 Å². The lowest BCUT2D eigenvalue weighted by Gasteiger charge is -2.12. The molecule has 1 heterocycles. The smallest absolute Gasteiger partial charge is 0.335 e. The van der Waals surface area contributed by atoms with Crippen molar-refractivity contribution in [3.05, 3.63) is 54.1 Å². The fourth-order valence-electron chi connectivity index (χ4n) is 2.82. The first kappa shape index (κ1) is 22.3. The van der Waals surface area contributed by atoms with E-state index in [9.17, 15) is 19.2 Å². The van der Waals surface area contributed by atoms with Crippen LogP contribution >= 0.6 is 0 Å². The summed E-state index contributed by atoms with van der Waals surface area (Å²) in [6.45, 7) is 1.51. The second-order valence-corrected chi connectivity index (χ2v) is 6.68. The molecule has 0 radical (unpaired) electrons. The maximum Gasteiger partial charge on any atom is 0.335 e. The van der Waals surface area contributed by atoms with Crippen molar-refractivity contribution < 1.29 is 29.0 Å². The van der Waals surface area contributed by atoms with E-state index in [0.29, 0.717) is 22.1 Å². The van der Waals surface area contributed by atoms with Crippen molar-refractivity contribution >= 4 is 40.8 Å². The number of carboxylic acids is 1. The molecule has 3 amide bonds. The van der Waals surface area contributed by atoms with Gasteiger partial charge in [0.15, 0.2) is 6.04 Å². The van der Waals surface area contributed by atoms with E-state index in [4.69, 9.17) is 9.84 Å². The molecule has 0 saturated heterocycles. The summed E-state index contributed by atoms with van der Waals surface area (Å²) in [5.74, 6) is -2.83. The van der Waals surface area contributed by atoms with Gasteiger partial charge in [-0.05, 0) is 43.3 Å². The van der Waals surface area contributed by atoms with Crippen molar-refractivity contribution in [2.24, 2.45) is 15.3 Å². The van der Waals surface area contributed by atoms with Crippen molar-refractivity contribution in [3.8, 4) is 5.75 Å². The predicted molar refractivity (Wildman–Crippen MR) is 113 cm³/mol. The Labute approximate surface area is 182 Å². The Morgan fingerprint density at radius 1 is 1.16 bits per heavy atom. The van der Waals surface area contributed by atoms with Gasteiger partial charge in [-0.15, -0.1) is 0 Å². The molecule has 11 nitrogen and oxygen atoms in total. The Balaban J connectivity index is 1.63. The van der Waals surface area contributed by atoms with Crippen LogP contribution in [0.25, 0.3) is 0 Å². The van der Waals surface area contributed by atoms with Crippen LogP contribution in [0.5, 0.6) is 5.75 Å². The molecule has 0 aromatic heterocycles. The van der Waals surface area contributed by atoms with Crippen LogP contribution in [0.4, 0.5) is 11.4 Å². The summed E-state index contributed by atoms with van der Waals surface area (Å²) in [4.78, 5) is 48.2. The number of methoxy groups -OCH3 is 1. The Kier molecular flexibility index (Phi) is 6.68. The summed E-state index contributed by atoms with van der Waals surface area (Å²) >= 11 is 0. The molecular formula is C21H19N5O6. The van der Waals surface area contributed by atoms with Crippen LogP contribution in [0.15, 0.2) is 63.9 Å². The van der Waals surface area contributed by atoms with E-state index in [1.54, 1.807) is 24.3 Å². The first-order valence-corrected chi connectivity index (χ1v) is 9.39. The molecule has 11 heteroatoms. The maximum atomic E-state index is 12.6. The van der Waals surface area contributed by atoms with Crippen LogP contribution in [0, 0.1) is 0 Å². The van der Waals surface area contributed by atoms with E-state index in [0.717, 1.165) is 0 Å². The Bertz CT molecular complexity index is 1130. The molecule has 1 aliphatic heterocycles. The minimum Gasteiger partial charge on any atom is -0.495 e. The van der Waals surface area contributed by atoms with Crippen LogP contribution in [0.1, 0.15) is 23.7 Å². The van der Waals surface area contributed by atoms with Gasteiger partial charge in [-0.25, -0.2) is 4.79 Å². The van der Waals surface area contributed by atoms with Crippen molar-refractivity contribution in [1.29, 1.82) is 0 Å². The highest BCUT2D eigenvalue weighted by atomic mass is 16.5. The minimum atomic E-state index is -1.12. The normalized spacial score (nSPS) is 15.6. The summed E-state index contributed by atoms with van der Waals surface area (Å²) in [7, 11) is 1.45. The molecule has 3 rings (SSSR count). The Morgan fingerprint density at radius 2 is 1.84 bits per heavy atom. The number of aromatic carboxylic acids is 1. The van der Waals surface area contributed by atoms with Gasteiger partial charge in [0.25, 0.3) is 11.8 Å². The number of hydrazone groups is 1. The van der Waals surface area contributed by atoms with Crippen LogP contribution in [0.3, 0.4) is 0 Å². The van der Waals surface area contributed by atoms with Crippen molar-refractivity contribution in [1.82, 2.24) is 5.01 Å². The number of para-hydroxylation sites is 2. The largest absolute Gasteiger partial charge is 0.495 e. The highest BCUT2D eigenvalue weighted by molar-refractivity contribution is 6.18. The molecule has 0 unspecified atom stereocenters. The van der Waals surface area contributed by atoms with Gasteiger partial charge in [0.2, 0.25) is 5.91 Å². The van der Waals surface area contributed by atoms with Crippen LogP contribution in [0.2, 0.25) is 0 Å². The summed E-state index contributed by atoms with van der Waals surface area (Å²) in [5.41, 5.74) is 1.04. The number of hydrogen-bond acceptors (Lipinski definition) is 8. The molecule has 0 aliphatic carbocycles. The fourth-order valence-corrected chi connectivity index (χ4v) is 2.82. The summed E-state index contributed by atoms with van der Waals surface area (Å²) in [5, 5.41) is 23.8. The number of carbonyl (C=O) groups excluding carboxylic acids is 3. The van der Waals surface area contributed by atoms with Gasteiger partial charge in [0, 0.05) is 0 Å². The highest BCUT2D eigenvalue weighted by Gasteiger charge is 2.38. The van der Waals surface area contributed by atoms with E-state index in [-0.39, 0.29) is 11.3 Å². The third kappa shape index (κ3) is 5.01. The Morgan fingerprint density at radius 3 is 2.50 bits per heavy atom. The van der Waals surface area contributed by atoms with Crippen LogP contribution in [-0.4, -0.2) is 52.7 Å². The molecule has 32 heavy (non-hydrogen) atoms. The third-order valence-electron chi connectivity index (χ3n) is 4.43. The number of carboxylic acid groups (broad SMARTS) is 1. The van der Waals surface area contributed by atoms with Crippen molar-refractivity contribution in [3.63, 3.8) is 0 Å². The topological polar surface area (TPSA) is 150 Å². The van der Waals surface area contributed by atoms with Gasteiger partial charge < -0.3 is 15.2 Å². The van der Waals surface area contributed by atoms with E-state index in [2.05, 4.69) is 20.6 Å². The molecule has 0 saturated carbocycles. The Hall–Kier alpha value is -4.41. The minimum absolute atomic E-state index is 0.0850. The van der Waals surface area contributed by atoms with E-state index in [1.807, 2.05) is 0 Å². The molecule has 0 fully saturated rings. The second-order valence-electron chi connectivity index (χ2n) is 6.68. The zero-order valence-corrected chi connectivity index (χ0v) is 17.2. The average molecular weight is 437 g/mol. The third-order valence-corrected chi connectivity index (χ3v) is 4.43. The molecule has 0 spiro atoms. The summed E-state index contributed by atoms with van der Waals surface area (Å²) < 4.78 is 5.14. The summed E-state index contributed by atoms with van der Waals surface area (Å²) in [6, 6.07) is 11.2. The molecule has 2 N–H and O–H groups in total. The van der Waals surface area contributed by atoms with E-state index < -0.39 is 36.2 Å². The van der Waals surface area contributed by atoms with Gasteiger partial charge in [-0.3, -0.25) is 14.4 Å². The van der Waals surface area contributed by atoms with Crippen molar-refractivity contribution in [2.45, 2.75) is 19.4 Å². The molecule has 2 aromatic carbocycles. The molecule has 164 valence electrons. The lowest BCUT2D eigenvalue weighted by atomic mass is 10.2. The molecule has 1 aliphatic rings. The number of benzene rings is 2. The molecular weight excluding hydrogens is 418 g/mol. The maximum absolute atomic E-state index is 12.6. The monoisotopic (exact) mass is 437 g/mol. The molecule has 2 aromatic rings. The van der Waals surface area contributed by atoms with Crippen molar-refractivity contribution in [2.75, 3.05) is 12.4 Å². The number of nitrogens with zero attached hydrogens (tertiary/aromatic N) is 4. The number of anilines is 1. The lowest BCUT2D eigenvalue weighted by Crippen LogP contribution is -2.36. The number of ether oxygens (including phenoxy) is 1. The quantitative estimate of drug-likeness (QED) is 0.502. The number of imide groups is 1.